The molecule has 12 atom stereocenters. The van der Waals surface area contributed by atoms with Crippen molar-refractivity contribution in [1.29, 1.82) is 0 Å². The van der Waals surface area contributed by atoms with E-state index in [1.807, 2.05) is 0 Å². The first-order valence-corrected chi connectivity index (χ1v) is 25.2. The van der Waals surface area contributed by atoms with Crippen molar-refractivity contribution in [2.45, 2.75) is 127 Å². The number of nitrogens with one attached hydrogen (secondary N) is 4. The molecule has 0 spiro atoms. The number of H-pyrrole nitrogens is 2. The molecule has 2 aromatic heterocycles. The lowest BCUT2D eigenvalue weighted by Crippen LogP contribution is -2.70. The first-order valence-electron chi connectivity index (χ1n) is 22.9. The summed E-state index contributed by atoms with van der Waals surface area (Å²) >= 11 is 19.3. The second kappa shape index (κ2) is 26.2. The largest absolute Gasteiger partial charge is 0.476 e. The minimum absolute atomic E-state index is 0.0332. The van der Waals surface area contributed by atoms with Crippen LogP contribution in [-0.4, -0.2) is 176 Å². The van der Waals surface area contributed by atoms with Crippen LogP contribution < -0.4 is 20.1 Å². The average molecular weight is 1260 g/mol. The molecule has 6 rings (SSSR count). The van der Waals surface area contributed by atoms with Gasteiger partial charge in [0, 0.05) is 84.4 Å². The molecule has 2 aromatic carbocycles. The van der Waals surface area contributed by atoms with Crippen molar-refractivity contribution in [1.82, 2.24) is 20.6 Å². The molecular formula is C47H54Br2Cl2N4O22. The van der Waals surface area contributed by atoms with Crippen LogP contribution in [0.5, 0.6) is 11.8 Å². The molecule has 422 valence electrons. The maximum atomic E-state index is 13.5. The smallest absolute Gasteiger partial charge is 0.379 e. The molecule has 2 aliphatic heterocycles. The average Bonchev–Trinajstić information content (AvgIpc) is 3.97. The van der Waals surface area contributed by atoms with E-state index >= 15 is 0 Å². The van der Waals surface area contributed by atoms with Gasteiger partial charge in [0.1, 0.15) is 37.1 Å². The second-order valence-electron chi connectivity index (χ2n) is 17.4. The lowest BCUT2D eigenvalue weighted by Gasteiger charge is -2.48. The molecule has 0 radical (unpaired) electrons. The third kappa shape index (κ3) is 15.1. The number of aromatic nitrogens is 2. The van der Waals surface area contributed by atoms with Crippen molar-refractivity contribution < 1.29 is 107 Å². The van der Waals surface area contributed by atoms with Gasteiger partial charge in [-0.15, -0.1) is 0 Å². The summed E-state index contributed by atoms with van der Waals surface area (Å²) in [6.45, 7) is 5.11. The number of carbonyl (C=O) groups excluding carboxylic acids is 7. The van der Waals surface area contributed by atoms with Gasteiger partial charge in [0.2, 0.25) is 11.8 Å². The molecular weight excluding hydrogens is 1200 g/mol. The predicted molar refractivity (Wildman–Crippen MR) is 271 cm³/mol. The third-order valence-electron chi connectivity index (χ3n) is 11.6. The quantitative estimate of drug-likeness (QED) is 0.0510. The number of rotatable bonds is 18. The number of hydrogen-bond acceptors (Lipinski definition) is 21. The van der Waals surface area contributed by atoms with E-state index < -0.39 is 146 Å². The van der Waals surface area contributed by atoms with Crippen LogP contribution in [0.15, 0.2) is 45.3 Å². The highest BCUT2D eigenvalue weighted by Gasteiger charge is 2.61. The lowest BCUT2D eigenvalue weighted by molar-refractivity contribution is -0.290. The fraction of sp³-hybridized carbons (Fsp3) is 0.489. The topological polar surface area (TPSA) is 376 Å². The van der Waals surface area contributed by atoms with Crippen molar-refractivity contribution in [2.75, 3.05) is 20.3 Å². The van der Waals surface area contributed by atoms with Gasteiger partial charge in [0.05, 0.1) is 54.8 Å². The van der Waals surface area contributed by atoms with E-state index in [-0.39, 0.29) is 11.8 Å². The van der Waals surface area contributed by atoms with Crippen LogP contribution in [0.25, 0.3) is 21.8 Å². The highest BCUT2D eigenvalue weighted by molar-refractivity contribution is 9.10. The van der Waals surface area contributed by atoms with E-state index in [2.05, 4.69) is 52.5 Å². The van der Waals surface area contributed by atoms with Crippen molar-refractivity contribution in [2.24, 2.45) is 0 Å². The van der Waals surface area contributed by atoms with E-state index in [1.54, 1.807) is 24.3 Å². The van der Waals surface area contributed by atoms with Gasteiger partial charge >= 0.3 is 47.4 Å². The number of ether oxygens (including phenoxy) is 9. The number of aliphatic hydroxyl groups is 4. The number of aromatic amines is 2. The monoisotopic (exact) mass is 1250 g/mol. The number of amides is 2. The molecule has 0 bridgehead atoms. The molecule has 0 saturated carbocycles. The van der Waals surface area contributed by atoms with Crippen molar-refractivity contribution in [3.05, 3.63) is 55.4 Å². The van der Waals surface area contributed by atoms with Crippen LogP contribution in [0.3, 0.4) is 0 Å². The molecule has 2 fully saturated rings. The van der Waals surface area contributed by atoms with Gasteiger partial charge in [-0.3, -0.25) is 28.8 Å². The Morgan fingerprint density at radius 3 is 1.70 bits per heavy atom. The van der Waals surface area contributed by atoms with Crippen LogP contribution >= 0.6 is 55.1 Å². The first kappa shape index (κ1) is 62.0. The number of carboxylic acids is 1. The van der Waals surface area contributed by atoms with Gasteiger partial charge in [-0.25, -0.2) is 9.59 Å². The van der Waals surface area contributed by atoms with E-state index in [9.17, 15) is 63.9 Å². The summed E-state index contributed by atoms with van der Waals surface area (Å²) in [6.07, 6.45) is -14.2. The predicted octanol–water partition coefficient (Wildman–Crippen LogP) is 2.60. The Morgan fingerprint density at radius 1 is 0.740 bits per heavy atom. The van der Waals surface area contributed by atoms with E-state index in [1.165, 1.54) is 12.1 Å². The number of halogens is 4. The van der Waals surface area contributed by atoms with Crippen molar-refractivity contribution in [3.63, 3.8) is 0 Å². The molecule has 77 heavy (non-hydrogen) atoms. The van der Waals surface area contributed by atoms with Gasteiger partial charge in [-0.2, -0.15) is 0 Å². The Morgan fingerprint density at radius 2 is 1.25 bits per heavy atom. The summed E-state index contributed by atoms with van der Waals surface area (Å²) in [6, 6.07) is 7.05. The number of benzene rings is 2. The molecule has 4 heterocycles. The lowest BCUT2D eigenvalue weighted by atomic mass is 9.88. The summed E-state index contributed by atoms with van der Waals surface area (Å²) in [5, 5.41) is 56.7. The Bertz CT molecular complexity index is 2870. The van der Waals surface area contributed by atoms with Gasteiger partial charge in [0.25, 0.3) is 0 Å². The number of aliphatic hydroxyl groups excluding tert-OH is 4. The molecule has 2 amide bonds. The van der Waals surface area contributed by atoms with Gasteiger partial charge in [0.15, 0.2) is 24.0 Å². The highest BCUT2D eigenvalue weighted by Crippen LogP contribution is 2.41. The number of methoxy groups -OCH3 is 1. The standard InChI is InChI=1S/C28H32BrClN2O13.C19H22BrClN2O9/c1-12(33)31-24-20(41-14(3)35)10-28(27(38)39-6,44-22-9-17-19(32-22)8-7-18(29)23(17)30)45-26(24)25(43-16(5)37)21(42-15(4)36)11-40-13(2)34;1-7(25)22-15-11(26)5-19(18(29)30,32-17(15)16(28)12(27)6-24)31-13-4-8-10(23-13)3-2-9(20)14(8)21/h7-9,20-21,24-26,32H,10-11H2,1-6H3,(H,31,33);2-4,11-12,15-17,23-24,26-28H,5-6H2,1H3,(H,22,25)(H,29,30)/t20-,21+,24+,25+,26+,28+;11-,12+,15+,16-,17+,19+/m01/s1. The molecule has 4 aromatic rings. The van der Waals surface area contributed by atoms with Crippen LogP contribution in [0.1, 0.15) is 54.4 Å². The fourth-order valence-electron chi connectivity index (χ4n) is 8.43. The fourth-order valence-corrected chi connectivity index (χ4v) is 9.56. The molecule has 2 saturated heterocycles. The Balaban J connectivity index is 0.000000300. The van der Waals surface area contributed by atoms with Crippen LogP contribution in [0, 0.1) is 0 Å². The van der Waals surface area contributed by atoms with E-state index in [4.69, 9.17) is 65.8 Å². The summed E-state index contributed by atoms with van der Waals surface area (Å²) in [5.41, 5.74) is 1.06. The van der Waals surface area contributed by atoms with E-state index in [0.717, 1.165) is 48.7 Å². The molecule has 30 heteroatoms. The summed E-state index contributed by atoms with van der Waals surface area (Å²) in [5.74, 6) is -12.3. The van der Waals surface area contributed by atoms with Gasteiger partial charge in [-0.05, 0) is 56.1 Å². The number of hydrogen-bond donors (Lipinski definition) is 9. The maximum absolute atomic E-state index is 13.5. The summed E-state index contributed by atoms with van der Waals surface area (Å²) in [4.78, 5) is 104. The van der Waals surface area contributed by atoms with Crippen molar-refractivity contribution in [3.8, 4) is 11.8 Å². The number of esters is 5. The first-order chi connectivity index (χ1) is 36.0. The van der Waals surface area contributed by atoms with E-state index in [0.29, 0.717) is 40.8 Å². The summed E-state index contributed by atoms with van der Waals surface area (Å²) < 4.78 is 51.3. The minimum atomic E-state index is -2.50. The Labute approximate surface area is 463 Å². The van der Waals surface area contributed by atoms with Crippen LogP contribution in [0.2, 0.25) is 10.0 Å². The molecule has 0 unspecified atom stereocenters. The van der Waals surface area contributed by atoms with Crippen LogP contribution in [0.4, 0.5) is 0 Å². The highest BCUT2D eigenvalue weighted by atomic mass is 79.9. The van der Waals surface area contributed by atoms with Gasteiger partial charge < -0.3 is 88.8 Å². The maximum Gasteiger partial charge on any atom is 0.379 e. The minimum Gasteiger partial charge on any atom is -0.476 e. The second-order valence-corrected chi connectivity index (χ2v) is 19.9. The Hall–Kier alpha value is -5.82. The number of aliphatic carboxylic acids is 1. The third-order valence-corrected chi connectivity index (χ3v) is 14.2. The summed E-state index contributed by atoms with van der Waals surface area (Å²) in [7, 11) is 1.05. The van der Waals surface area contributed by atoms with Gasteiger partial charge in [-0.1, -0.05) is 23.2 Å². The zero-order valence-electron chi connectivity index (χ0n) is 41.8. The molecule has 26 nitrogen and oxygen atoms in total. The molecule has 9 N–H and O–H groups in total. The number of carboxylic acid groups (broad SMARTS) is 1. The zero-order valence-corrected chi connectivity index (χ0v) is 46.4. The molecule has 2 aliphatic rings. The van der Waals surface area contributed by atoms with Crippen LogP contribution in [-0.2, 0) is 71.5 Å². The Kier molecular flexibility index (Phi) is 21.1. The SMILES string of the molecule is CC(=O)N[C@@H]1[C@@H]([C@H](O)[C@@H](O)CO)O[C@](Oc2cc3c(Cl)c(Br)ccc3[nH]2)(C(=O)O)C[C@H]1O.COC(=O)[C@@]1(Oc2cc3c(Cl)c(Br)ccc3[nH]2)C[C@H](OC(C)=O)[C@@H](NC(C)=O)[C@H]([C@H](OC(C)=O)[C@@H](COC(C)=O)OC(C)=O)O1. The molecule has 0 aliphatic carbocycles. The zero-order chi connectivity index (χ0) is 57.4. The number of fused-ring (bicyclic) bond motifs is 2. The number of carbonyl (C=O) groups is 8. The normalized spacial score (nSPS) is 24.6. The van der Waals surface area contributed by atoms with Crippen molar-refractivity contribution >= 4 is 124 Å².